The van der Waals surface area contributed by atoms with E-state index in [0.29, 0.717) is 35.8 Å². The third-order valence-corrected chi connectivity index (χ3v) is 4.31. The summed E-state index contributed by atoms with van der Waals surface area (Å²) >= 11 is 0. The first kappa shape index (κ1) is 20.7. The number of aliphatic hydroxyl groups is 1. The molecule has 2 rings (SSSR count). The fourth-order valence-electron chi connectivity index (χ4n) is 2.86. The van der Waals surface area contributed by atoms with E-state index < -0.39 is 6.10 Å². The van der Waals surface area contributed by atoms with E-state index in [1.54, 1.807) is 27.4 Å². The Bertz CT molecular complexity index is 739. The number of nitrogens with one attached hydrogen (secondary N) is 1. The van der Waals surface area contributed by atoms with E-state index in [2.05, 4.69) is 5.32 Å². The van der Waals surface area contributed by atoms with E-state index in [1.165, 1.54) is 12.1 Å². The molecule has 0 saturated heterocycles. The maximum absolute atomic E-state index is 10.3. The zero-order chi connectivity index (χ0) is 20.0. The van der Waals surface area contributed by atoms with Crippen molar-refractivity contribution in [2.75, 3.05) is 27.9 Å². The summed E-state index contributed by atoms with van der Waals surface area (Å²) in [5, 5.41) is 32.4. The second kappa shape index (κ2) is 9.34. The summed E-state index contributed by atoms with van der Waals surface area (Å²) in [6.45, 7) is 2.31. The van der Waals surface area contributed by atoms with Crippen molar-refractivity contribution >= 4 is 0 Å². The molecule has 0 heterocycles. The van der Waals surface area contributed by atoms with Gasteiger partial charge in [0.1, 0.15) is 0 Å². The molecule has 0 aromatic heterocycles. The molecule has 1 unspecified atom stereocenters. The first-order chi connectivity index (χ1) is 12.9. The van der Waals surface area contributed by atoms with Gasteiger partial charge in [-0.25, -0.2) is 0 Å². The minimum atomic E-state index is -0.807. The molecule has 2 atom stereocenters. The van der Waals surface area contributed by atoms with Crippen molar-refractivity contribution in [2.45, 2.75) is 25.5 Å². The maximum atomic E-state index is 10.3. The summed E-state index contributed by atoms with van der Waals surface area (Å²) in [4.78, 5) is 0. The SMILES string of the molecule is COc1cc(CC(C)NC[C@H](O)c2ccc(O)c(O)c2)cc(OC)c1OC. The fraction of sp³-hybridized carbons (Fsp3) is 0.400. The zero-order valence-corrected chi connectivity index (χ0v) is 16.0. The Morgan fingerprint density at radius 2 is 1.56 bits per heavy atom. The number of phenolic OH excluding ortho intramolecular Hbond substituents is 2. The van der Waals surface area contributed by atoms with E-state index in [0.717, 1.165) is 5.56 Å². The fourth-order valence-corrected chi connectivity index (χ4v) is 2.86. The molecule has 148 valence electrons. The highest BCUT2D eigenvalue weighted by molar-refractivity contribution is 5.54. The van der Waals surface area contributed by atoms with Gasteiger partial charge in [-0.15, -0.1) is 0 Å². The van der Waals surface area contributed by atoms with Gasteiger partial charge in [-0.3, -0.25) is 0 Å². The van der Waals surface area contributed by atoms with Crippen LogP contribution in [0.1, 0.15) is 24.2 Å². The smallest absolute Gasteiger partial charge is 0.203 e. The summed E-state index contributed by atoms with van der Waals surface area (Å²) < 4.78 is 16.1. The quantitative estimate of drug-likeness (QED) is 0.498. The van der Waals surface area contributed by atoms with Crippen LogP contribution in [0.2, 0.25) is 0 Å². The number of benzene rings is 2. The third kappa shape index (κ3) is 5.18. The highest BCUT2D eigenvalue weighted by Crippen LogP contribution is 2.38. The summed E-state index contributed by atoms with van der Waals surface area (Å²) in [6, 6.07) is 8.14. The molecular formula is C20H27NO6. The van der Waals surface area contributed by atoms with Crippen LogP contribution in [0.25, 0.3) is 0 Å². The average Bonchev–Trinajstić information content (AvgIpc) is 2.67. The lowest BCUT2D eigenvalue weighted by Crippen LogP contribution is -2.32. The molecule has 4 N–H and O–H groups in total. The van der Waals surface area contributed by atoms with Crippen molar-refractivity contribution in [3.63, 3.8) is 0 Å². The van der Waals surface area contributed by atoms with Gasteiger partial charge in [0, 0.05) is 12.6 Å². The Balaban J connectivity index is 2.00. The summed E-state index contributed by atoms with van der Waals surface area (Å²) in [5.41, 5.74) is 1.53. The van der Waals surface area contributed by atoms with E-state index in [-0.39, 0.29) is 17.5 Å². The number of methoxy groups -OCH3 is 3. The Kier molecular flexibility index (Phi) is 7.15. The zero-order valence-electron chi connectivity index (χ0n) is 16.0. The van der Waals surface area contributed by atoms with Gasteiger partial charge in [0.2, 0.25) is 5.75 Å². The molecular weight excluding hydrogens is 350 g/mol. The minimum Gasteiger partial charge on any atom is -0.504 e. The monoisotopic (exact) mass is 377 g/mol. The van der Waals surface area contributed by atoms with E-state index in [9.17, 15) is 15.3 Å². The van der Waals surface area contributed by atoms with Gasteiger partial charge in [0.05, 0.1) is 27.4 Å². The van der Waals surface area contributed by atoms with Crippen molar-refractivity contribution in [1.82, 2.24) is 5.32 Å². The number of aliphatic hydroxyl groups excluding tert-OH is 1. The molecule has 2 aromatic rings. The average molecular weight is 377 g/mol. The predicted molar refractivity (Wildman–Crippen MR) is 102 cm³/mol. The van der Waals surface area contributed by atoms with Crippen molar-refractivity contribution in [3.05, 3.63) is 41.5 Å². The molecule has 0 spiro atoms. The van der Waals surface area contributed by atoms with Gasteiger partial charge in [-0.2, -0.15) is 0 Å². The normalized spacial score (nSPS) is 13.1. The van der Waals surface area contributed by atoms with E-state index in [4.69, 9.17) is 14.2 Å². The van der Waals surface area contributed by atoms with E-state index in [1.807, 2.05) is 19.1 Å². The van der Waals surface area contributed by atoms with Crippen molar-refractivity contribution in [2.24, 2.45) is 0 Å². The van der Waals surface area contributed by atoms with Crippen LogP contribution in [-0.4, -0.2) is 49.2 Å². The first-order valence-corrected chi connectivity index (χ1v) is 8.61. The second-order valence-electron chi connectivity index (χ2n) is 6.31. The highest BCUT2D eigenvalue weighted by Gasteiger charge is 2.16. The lowest BCUT2D eigenvalue weighted by Gasteiger charge is -2.19. The van der Waals surface area contributed by atoms with Crippen LogP contribution in [0.3, 0.4) is 0 Å². The van der Waals surface area contributed by atoms with Crippen molar-refractivity contribution in [3.8, 4) is 28.7 Å². The Morgan fingerprint density at radius 1 is 0.926 bits per heavy atom. The molecule has 0 aliphatic carbocycles. The molecule has 0 bridgehead atoms. The molecule has 7 heteroatoms. The van der Waals surface area contributed by atoms with Crippen LogP contribution in [0.4, 0.5) is 0 Å². The molecule has 2 aromatic carbocycles. The summed E-state index contributed by atoms with van der Waals surface area (Å²) in [5.74, 6) is 1.27. The Hall–Kier alpha value is -2.64. The molecule has 0 fully saturated rings. The second-order valence-corrected chi connectivity index (χ2v) is 6.31. The first-order valence-electron chi connectivity index (χ1n) is 8.61. The molecule has 27 heavy (non-hydrogen) atoms. The maximum Gasteiger partial charge on any atom is 0.203 e. The number of phenols is 2. The van der Waals surface area contributed by atoms with Gasteiger partial charge in [-0.1, -0.05) is 6.07 Å². The van der Waals surface area contributed by atoms with Crippen LogP contribution in [0.15, 0.2) is 30.3 Å². The third-order valence-electron chi connectivity index (χ3n) is 4.31. The number of hydrogen-bond acceptors (Lipinski definition) is 7. The number of rotatable bonds is 9. The molecule has 0 aliphatic rings. The van der Waals surface area contributed by atoms with Crippen molar-refractivity contribution in [1.29, 1.82) is 0 Å². The van der Waals surface area contributed by atoms with Gasteiger partial charge in [-0.05, 0) is 48.7 Å². The van der Waals surface area contributed by atoms with Crippen LogP contribution >= 0.6 is 0 Å². The lowest BCUT2D eigenvalue weighted by molar-refractivity contribution is 0.170. The molecule has 0 amide bonds. The number of ether oxygens (including phenoxy) is 3. The molecule has 0 aliphatic heterocycles. The molecule has 0 radical (unpaired) electrons. The van der Waals surface area contributed by atoms with E-state index >= 15 is 0 Å². The number of aromatic hydroxyl groups is 2. The van der Waals surface area contributed by atoms with Gasteiger partial charge < -0.3 is 34.8 Å². The predicted octanol–water partition coefficient (Wildman–Crippen LogP) is 2.38. The van der Waals surface area contributed by atoms with Crippen molar-refractivity contribution < 1.29 is 29.5 Å². The van der Waals surface area contributed by atoms with Crippen LogP contribution in [0.5, 0.6) is 28.7 Å². The summed E-state index contributed by atoms with van der Waals surface area (Å²) in [7, 11) is 4.71. The van der Waals surface area contributed by atoms with Crippen LogP contribution < -0.4 is 19.5 Å². The lowest BCUT2D eigenvalue weighted by atomic mass is 10.0. The number of hydrogen-bond donors (Lipinski definition) is 4. The Labute approximate surface area is 159 Å². The van der Waals surface area contributed by atoms with Crippen LogP contribution in [0, 0.1) is 0 Å². The molecule has 7 nitrogen and oxygen atoms in total. The summed E-state index contributed by atoms with van der Waals surface area (Å²) in [6.07, 6.45) is -0.122. The highest BCUT2D eigenvalue weighted by atomic mass is 16.5. The topological polar surface area (TPSA) is 100 Å². The van der Waals surface area contributed by atoms with Gasteiger partial charge in [0.15, 0.2) is 23.0 Å². The van der Waals surface area contributed by atoms with Gasteiger partial charge in [0.25, 0.3) is 0 Å². The Morgan fingerprint density at radius 3 is 2.07 bits per heavy atom. The van der Waals surface area contributed by atoms with Gasteiger partial charge >= 0.3 is 0 Å². The minimum absolute atomic E-state index is 0.0631. The molecule has 0 saturated carbocycles. The standard InChI is InChI=1S/C20H27NO6/c1-12(21-11-17(24)14-5-6-15(22)16(23)10-14)7-13-8-18(25-2)20(27-4)19(9-13)26-3/h5-6,8-10,12,17,21-24H,7,11H2,1-4H3/t12?,17-/m0/s1. The largest absolute Gasteiger partial charge is 0.504 e. The van der Waals surface area contributed by atoms with Crippen LogP contribution in [-0.2, 0) is 6.42 Å².